The molecule has 7 atom stereocenters. The third-order valence-electron chi connectivity index (χ3n) is 5.92. The van der Waals surface area contributed by atoms with E-state index in [1.54, 1.807) is 18.2 Å². The van der Waals surface area contributed by atoms with Gasteiger partial charge in [0.2, 0.25) is 18.5 Å². The predicted octanol–water partition coefficient (Wildman–Crippen LogP) is 2.48. The van der Waals surface area contributed by atoms with Gasteiger partial charge in [-0.1, -0.05) is 6.07 Å². The molecule has 2 fully saturated rings. The van der Waals surface area contributed by atoms with Crippen LogP contribution < -0.4 is 10.1 Å². The molecule has 184 valence electrons. The summed E-state index contributed by atoms with van der Waals surface area (Å²) in [5, 5.41) is 12.3. The van der Waals surface area contributed by atoms with Gasteiger partial charge in [0, 0.05) is 6.92 Å². The molecule has 2 saturated heterocycles. The Morgan fingerprint density at radius 1 is 1.18 bits per heavy atom. The lowest BCUT2D eigenvalue weighted by atomic mass is 9.95. The van der Waals surface area contributed by atoms with E-state index in [0.717, 1.165) is 11.1 Å². The van der Waals surface area contributed by atoms with Crippen LogP contribution in [0.5, 0.6) is 5.75 Å². The van der Waals surface area contributed by atoms with Crippen molar-refractivity contribution in [2.75, 3.05) is 6.61 Å². The van der Waals surface area contributed by atoms with Gasteiger partial charge in [-0.05, 0) is 56.2 Å². The number of furan rings is 1. The van der Waals surface area contributed by atoms with E-state index in [2.05, 4.69) is 5.32 Å². The smallest absolute Gasteiger partial charge is 0.332 e. The Morgan fingerprint density at radius 3 is 2.62 bits per heavy atom. The molecule has 2 aromatic rings. The minimum Gasteiger partial charge on any atom is -0.479 e. The predicted molar refractivity (Wildman–Crippen MR) is 117 cm³/mol. The van der Waals surface area contributed by atoms with Gasteiger partial charge in [-0.15, -0.1) is 0 Å². The van der Waals surface area contributed by atoms with Crippen molar-refractivity contribution >= 4 is 11.9 Å². The van der Waals surface area contributed by atoms with Crippen molar-refractivity contribution in [1.82, 2.24) is 5.32 Å². The van der Waals surface area contributed by atoms with Crippen LogP contribution >= 0.6 is 0 Å². The minimum atomic E-state index is -1.17. The molecule has 10 heteroatoms. The maximum atomic E-state index is 12.1. The van der Waals surface area contributed by atoms with Crippen LogP contribution in [-0.2, 0) is 28.5 Å². The summed E-state index contributed by atoms with van der Waals surface area (Å²) in [4.78, 5) is 23.7. The summed E-state index contributed by atoms with van der Waals surface area (Å²) in [6.07, 6.45) is -3.80. The van der Waals surface area contributed by atoms with Gasteiger partial charge < -0.3 is 38.5 Å². The zero-order valence-electron chi connectivity index (χ0n) is 19.4. The van der Waals surface area contributed by atoms with Crippen molar-refractivity contribution in [2.45, 2.75) is 70.7 Å². The van der Waals surface area contributed by atoms with E-state index in [0.29, 0.717) is 11.5 Å². The first kappa shape index (κ1) is 24.2. The summed E-state index contributed by atoms with van der Waals surface area (Å²) in [5.74, 6) is -0.510. The largest absolute Gasteiger partial charge is 0.479 e. The summed E-state index contributed by atoms with van der Waals surface area (Å²) in [7, 11) is 0. The van der Waals surface area contributed by atoms with Crippen LogP contribution in [0.4, 0.5) is 0 Å². The van der Waals surface area contributed by atoms with Gasteiger partial charge >= 0.3 is 5.97 Å². The molecule has 0 saturated carbocycles. The van der Waals surface area contributed by atoms with Crippen LogP contribution in [0.25, 0.3) is 0 Å². The average Bonchev–Trinajstić information content (AvgIpc) is 3.32. The highest BCUT2D eigenvalue weighted by Gasteiger charge is 2.53. The summed E-state index contributed by atoms with van der Waals surface area (Å²) in [5.41, 5.74) is 2.13. The van der Waals surface area contributed by atoms with Crippen LogP contribution in [0.3, 0.4) is 0 Å². The van der Waals surface area contributed by atoms with Crippen molar-refractivity contribution in [3.8, 4) is 5.75 Å². The highest BCUT2D eigenvalue weighted by atomic mass is 16.8. The van der Waals surface area contributed by atoms with Crippen LogP contribution in [0.15, 0.2) is 41.0 Å². The first-order valence-corrected chi connectivity index (χ1v) is 11.1. The van der Waals surface area contributed by atoms with Crippen molar-refractivity contribution in [3.63, 3.8) is 0 Å². The molecule has 2 aliphatic heterocycles. The molecular weight excluding hydrogens is 446 g/mol. The number of rotatable bonds is 7. The molecule has 2 N–H and O–H groups in total. The van der Waals surface area contributed by atoms with Crippen LogP contribution in [-0.4, -0.2) is 60.3 Å². The lowest BCUT2D eigenvalue weighted by molar-refractivity contribution is -0.343. The SMILES string of the molecule is CC(=O)NC1C(Oc2ccc(C)c(C)c2)OC2COC(c3ccco3)OC2C1OC(C)C(=O)O. The molecule has 0 spiro atoms. The molecular formula is C24H29NO9. The fourth-order valence-electron chi connectivity index (χ4n) is 4.01. The number of amides is 1. The maximum absolute atomic E-state index is 12.1. The van der Waals surface area contributed by atoms with E-state index < -0.39 is 49.0 Å². The van der Waals surface area contributed by atoms with Gasteiger partial charge in [-0.2, -0.15) is 0 Å². The molecule has 1 amide bonds. The molecule has 2 aliphatic rings. The van der Waals surface area contributed by atoms with Gasteiger partial charge in [0.25, 0.3) is 0 Å². The van der Waals surface area contributed by atoms with E-state index >= 15 is 0 Å². The Kier molecular flexibility index (Phi) is 7.22. The number of carbonyl (C=O) groups is 2. The number of carboxylic acids is 1. The number of hydrogen-bond acceptors (Lipinski definition) is 8. The molecule has 3 heterocycles. The van der Waals surface area contributed by atoms with Gasteiger partial charge in [-0.25, -0.2) is 4.79 Å². The van der Waals surface area contributed by atoms with Gasteiger partial charge in [0.15, 0.2) is 11.9 Å². The molecule has 1 aromatic carbocycles. The first-order valence-electron chi connectivity index (χ1n) is 11.1. The summed E-state index contributed by atoms with van der Waals surface area (Å²) < 4.78 is 35.5. The van der Waals surface area contributed by atoms with E-state index in [-0.39, 0.29) is 12.5 Å². The summed E-state index contributed by atoms with van der Waals surface area (Å²) in [6.45, 7) is 6.85. The molecule has 1 aromatic heterocycles. The fourth-order valence-corrected chi connectivity index (χ4v) is 4.01. The lowest BCUT2D eigenvalue weighted by Crippen LogP contribution is -2.68. The summed E-state index contributed by atoms with van der Waals surface area (Å²) >= 11 is 0. The fraction of sp³-hybridized carbons (Fsp3) is 0.500. The third-order valence-corrected chi connectivity index (χ3v) is 5.92. The highest BCUT2D eigenvalue weighted by molar-refractivity contribution is 5.73. The Morgan fingerprint density at radius 2 is 1.97 bits per heavy atom. The molecule has 10 nitrogen and oxygen atoms in total. The normalized spacial score (nSPS) is 29.6. The average molecular weight is 475 g/mol. The monoisotopic (exact) mass is 475 g/mol. The van der Waals surface area contributed by atoms with E-state index in [9.17, 15) is 14.7 Å². The third kappa shape index (κ3) is 5.25. The van der Waals surface area contributed by atoms with Gasteiger partial charge in [0.05, 0.1) is 12.9 Å². The number of aliphatic carboxylic acids is 1. The molecule has 0 aliphatic carbocycles. The van der Waals surface area contributed by atoms with Crippen molar-refractivity contribution < 1.29 is 42.8 Å². The highest BCUT2D eigenvalue weighted by Crippen LogP contribution is 2.36. The number of hydrogen-bond donors (Lipinski definition) is 2. The standard InChI is InChI=1S/C24H29NO9/c1-12-7-8-16(10-13(12)2)32-24-19(25-15(4)26)21(31-14(3)22(27)28)20-18(33-24)11-30-23(34-20)17-6-5-9-29-17/h5-10,14,18-21,23-24H,11H2,1-4H3,(H,25,26)(H,27,28). The first-order chi connectivity index (χ1) is 16.2. The van der Waals surface area contributed by atoms with Gasteiger partial charge in [-0.3, -0.25) is 4.79 Å². The summed E-state index contributed by atoms with van der Waals surface area (Å²) in [6, 6.07) is 8.15. The number of aryl methyl sites for hydroxylation is 2. The number of fused-ring (bicyclic) bond motifs is 1. The maximum Gasteiger partial charge on any atom is 0.332 e. The second-order valence-corrected chi connectivity index (χ2v) is 8.50. The van der Waals surface area contributed by atoms with Gasteiger partial charge in [0.1, 0.15) is 30.1 Å². The van der Waals surface area contributed by atoms with Crippen LogP contribution in [0.2, 0.25) is 0 Å². The Balaban J connectivity index is 1.65. The Labute approximate surface area is 197 Å². The van der Waals surface area contributed by atoms with E-state index in [1.807, 2.05) is 26.0 Å². The second-order valence-electron chi connectivity index (χ2n) is 8.50. The number of ether oxygens (including phenoxy) is 5. The molecule has 34 heavy (non-hydrogen) atoms. The zero-order chi connectivity index (χ0) is 24.4. The Bertz CT molecular complexity index is 1010. The van der Waals surface area contributed by atoms with Crippen molar-refractivity contribution in [3.05, 3.63) is 53.5 Å². The number of carboxylic acid groups (broad SMARTS) is 1. The zero-order valence-corrected chi connectivity index (χ0v) is 19.4. The number of benzene rings is 1. The van der Waals surface area contributed by atoms with Crippen LogP contribution in [0.1, 0.15) is 37.0 Å². The van der Waals surface area contributed by atoms with Crippen molar-refractivity contribution in [2.24, 2.45) is 0 Å². The van der Waals surface area contributed by atoms with E-state index in [1.165, 1.54) is 20.1 Å². The quantitative estimate of drug-likeness (QED) is 0.621. The lowest BCUT2D eigenvalue weighted by Gasteiger charge is -2.49. The molecule has 7 unspecified atom stereocenters. The molecule has 0 bridgehead atoms. The molecule has 0 radical (unpaired) electrons. The van der Waals surface area contributed by atoms with E-state index in [4.69, 9.17) is 28.1 Å². The minimum absolute atomic E-state index is 0.122. The number of carbonyl (C=O) groups excluding carboxylic acids is 1. The second kappa shape index (κ2) is 10.1. The number of nitrogens with one attached hydrogen (secondary N) is 1. The Hall–Kier alpha value is -2.92. The molecule has 4 rings (SSSR count). The van der Waals surface area contributed by atoms with Crippen molar-refractivity contribution in [1.29, 1.82) is 0 Å². The van der Waals surface area contributed by atoms with Crippen LogP contribution in [0, 0.1) is 13.8 Å². The topological polar surface area (TPSA) is 126 Å².